The Morgan fingerprint density at radius 3 is 2.92 bits per heavy atom. The molecule has 1 amide bonds. The molecule has 1 rings (SSSR count). The van der Waals surface area contributed by atoms with Gasteiger partial charge < -0.3 is 14.5 Å². The quantitative estimate of drug-likeness (QED) is 0.738. The van der Waals surface area contributed by atoms with Crippen molar-refractivity contribution in [3.63, 3.8) is 0 Å². The minimum absolute atomic E-state index is 0.0678. The van der Waals surface area contributed by atoms with E-state index in [1.807, 2.05) is 6.92 Å². The Labute approximate surface area is 82.2 Å². The number of amides is 1. The maximum absolute atomic E-state index is 11.4. The maximum Gasteiger partial charge on any atom is 0.242 e. The van der Waals surface area contributed by atoms with E-state index < -0.39 is 0 Å². The Morgan fingerprint density at radius 2 is 2.46 bits per heavy atom. The third-order valence-electron chi connectivity index (χ3n) is 1.93. The van der Waals surface area contributed by atoms with Crippen LogP contribution in [0.4, 0.5) is 0 Å². The lowest BCUT2D eigenvalue weighted by Crippen LogP contribution is -2.29. The normalized spacial score (nSPS) is 10.0. The number of hydrogen-bond donors (Lipinski definition) is 1. The minimum Gasteiger partial charge on any atom is -0.344 e. The van der Waals surface area contributed by atoms with Gasteiger partial charge in [0, 0.05) is 26.0 Å². The first-order valence-corrected chi connectivity index (χ1v) is 4.53. The topological polar surface area (TPSA) is 41.0 Å². The predicted molar refractivity (Wildman–Crippen MR) is 52.9 cm³/mol. The molecule has 0 radical (unpaired) electrons. The van der Waals surface area contributed by atoms with Crippen LogP contribution in [0, 0.1) is 4.77 Å². The molecule has 4 nitrogen and oxygen atoms in total. The zero-order valence-corrected chi connectivity index (χ0v) is 8.60. The van der Waals surface area contributed by atoms with Gasteiger partial charge in [0.15, 0.2) is 4.77 Å². The van der Waals surface area contributed by atoms with Crippen LogP contribution in [-0.2, 0) is 11.3 Å². The molecule has 0 aliphatic heterocycles. The summed E-state index contributed by atoms with van der Waals surface area (Å²) in [6.07, 6.45) is 3.49. The zero-order valence-electron chi connectivity index (χ0n) is 7.78. The molecule has 0 unspecified atom stereocenters. The number of nitrogens with one attached hydrogen (secondary N) is 1. The van der Waals surface area contributed by atoms with Crippen LogP contribution in [0.1, 0.15) is 6.92 Å². The van der Waals surface area contributed by atoms with E-state index in [-0.39, 0.29) is 5.91 Å². The molecular formula is C8H13N3OS. The van der Waals surface area contributed by atoms with E-state index in [1.165, 1.54) is 0 Å². The van der Waals surface area contributed by atoms with E-state index >= 15 is 0 Å². The second kappa shape index (κ2) is 4.23. The van der Waals surface area contributed by atoms with Gasteiger partial charge in [0.1, 0.15) is 6.54 Å². The molecule has 1 heterocycles. The van der Waals surface area contributed by atoms with Crippen LogP contribution in [0.3, 0.4) is 0 Å². The number of carbonyl (C=O) groups excluding carboxylic acids is 1. The van der Waals surface area contributed by atoms with Gasteiger partial charge in [0.2, 0.25) is 5.91 Å². The van der Waals surface area contributed by atoms with Crippen LogP contribution in [-0.4, -0.2) is 34.0 Å². The Bertz CT molecular complexity index is 341. The molecule has 0 aromatic carbocycles. The average molecular weight is 199 g/mol. The number of aromatic amines is 1. The number of imidazole rings is 1. The Balaban J connectivity index is 2.65. The van der Waals surface area contributed by atoms with Gasteiger partial charge in [-0.3, -0.25) is 4.79 Å². The lowest BCUT2D eigenvalue weighted by atomic mass is 10.5. The number of aromatic nitrogens is 2. The Morgan fingerprint density at radius 1 is 1.77 bits per heavy atom. The van der Waals surface area contributed by atoms with E-state index in [1.54, 1.807) is 28.9 Å². The molecule has 0 saturated carbocycles. The zero-order chi connectivity index (χ0) is 9.84. The minimum atomic E-state index is 0.0678. The average Bonchev–Trinajstić information content (AvgIpc) is 2.50. The summed E-state index contributed by atoms with van der Waals surface area (Å²) in [6.45, 7) is 2.97. The SMILES string of the molecule is CCN(C)C(=O)Cn1cc[nH]c1=S. The lowest BCUT2D eigenvalue weighted by Gasteiger charge is -2.14. The first kappa shape index (κ1) is 9.98. The highest BCUT2D eigenvalue weighted by Gasteiger charge is 2.06. The fraction of sp³-hybridized carbons (Fsp3) is 0.500. The monoisotopic (exact) mass is 199 g/mol. The van der Waals surface area contributed by atoms with Gasteiger partial charge in [-0.15, -0.1) is 0 Å². The van der Waals surface area contributed by atoms with E-state index in [9.17, 15) is 4.79 Å². The molecule has 72 valence electrons. The first-order chi connectivity index (χ1) is 6.15. The lowest BCUT2D eigenvalue weighted by molar-refractivity contribution is -0.130. The maximum atomic E-state index is 11.4. The molecule has 1 N–H and O–H groups in total. The molecular weight excluding hydrogens is 186 g/mol. The Hall–Kier alpha value is -1.10. The van der Waals surface area contributed by atoms with E-state index in [0.29, 0.717) is 11.3 Å². The van der Waals surface area contributed by atoms with E-state index in [4.69, 9.17) is 12.2 Å². The second-order valence-electron chi connectivity index (χ2n) is 2.80. The molecule has 1 aromatic rings. The van der Waals surface area contributed by atoms with Gasteiger partial charge in [-0.2, -0.15) is 0 Å². The molecule has 13 heavy (non-hydrogen) atoms. The number of carbonyl (C=O) groups is 1. The summed E-state index contributed by atoms with van der Waals surface area (Å²) in [4.78, 5) is 15.9. The molecule has 0 atom stereocenters. The number of likely N-dealkylation sites (N-methyl/N-ethyl adjacent to an activating group) is 1. The predicted octanol–water partition coefficient (Wildman–Crippen LogP) is 1.02. The van der Waals surface area contributed by atoms with Crippen molar-refractivity contribution in [1.82, 2.24) is 14.5 Å². The Kier molecular flexibility index (Phi) is 3.25. The van der Waals surface area contributed by atoms with Crippen molar-refractivity contribution in [2.24, 2.45) is 0 Å². The summed E-state index contributed by atoms with van der Waals surface area (Å²) in [7, 11) is 1.78. The van der Waals surface area contributed by atoms with Crippen molar-refractivity contribution in [3.8, 4) is 0 Å². The molecule has 0 spiro atoms. The fourth-order valence-electron chi connectivity index (χ4n) is 0.916. The number of H-pyrrole nitrogens is 1. The largest absolute Gasteiger partial charge is 0.344 e. The molecule has 5 heteroatoms. The molecule has 0 aliphatic carbocycles. The van der Waals surface area contributed by atoms with E-state index in [0.717, 1.165) is 6.54 Å². The van der Waals surface area contributed by atoms with Crippen LogP contribution in [0.2, 0.25) is 0 Å². The second-order valence-corrected chi connectivity index (χ2v) is 3.19. The van der Waals surface area contributed by atoms with Crippen molar-refractivity contribution >= 4 is 18.1 Å². The summed E-state index contributed by atoms with van der Waals surface area (Å²) in [5.74, 6) is 0.0678. The molecule has 0 aliphatic rings. The summed E-state index contributed by atoms with van der Waals surface area (Å²) in [6, 6.07) is 0. The number of hydrogen-bond acceptors (Lipinski definition) is 2. The van der Waals surface area contributed by atoms with Crippen LogP contribution in [0.15, 0.2) is 12.4 Å². The van der Waals surface area contributed by atoms with Crippen LogP contribution in [0.25, 0.3) is 0 Å². The number of rotatable bonds is 3. The molecule has 1 aromatic heterocycles. The molecule has 0 fully saturated rings. The third kappa shape index (κ3) is 2.42. The summed E-state index contributed by atoms with van der Waals surface area (Å²) in [5, 5.41) is 0. The van der Waals surface area contributed by atoms with Crippen molar-refractivity contribution in [2.75, 3.05) is 13.6 Å². The third-order valence-corrected chi connectivity index (χ3v) is 2.28. The van der Waals surface area contributed by atoms with Crippen LogP contribution >= 0.6 is 12.2 Å². The highest BCUT2D eigenvalue weighted by Crippen LogP contribution is 1.93. The first-order valence-electron chi connectivity index (χ1n) is 4.13. The van der Waals surface area contributed by atoms with Gasteiger partial charge in [-0.1, -0.05) is 0 Å². The van der Waals surface area contributed by atoms with Crippen molar-refractivity contribution < 1.29 is 4.79 Å². The summed E-state index contributed by atoms with van der Waals surface area (Å²) < 4.78 is 2.29. The van der Waals surface area contributed by atoms with Gasteiger partial charge in [0.25, 0.3) is 0 Å². The van der Waals surface area contributed by atoms with Crippen LogP contribution in [0.5, 0.6) is 0 Å². The van der Waals surface area contributed by atoms with Crippen molar-refractivity contribution in [3.05, 3.63) is 17.2 Å². The van der Waals surface area contributed by atoms with Crippen molar-refractivity contribution in [2.45, 2.75) is 13.5 Å². The van der Waals surface area contributed by atoms with Gasteiger partial charge in [-0.05, 0) is 19.1 Å². The summed E-state index contributed by atoms with van der Waals surface area (Å²) in [5.41, 5.74) is 0. The summed E-state index contributed by atoms with van der Waals surface area (Å²) >= 11 is 4.96. The standard InChI is InChI=1S/C8H13N3OS/c1-3-10(2)7(12)6-11-5-4-9-8(11)13/h4-5H,3,6H2,1-2H3,(H,9,13). The highest BCUT2D eigenvalue weighted by atomic mass is 32.1. The molecule has 0 bridgehead atoms. The van der Waals surface area contributed by atoms with Gasteiger partial charge in [-0.25, -0.2) is 0 Å². The van der Waals surface area contributed by atoms with E-state index in [2.05, 4.69) is 4.98 Å². The van der Waals surface area contributed by atoms with Gasteiger partial charge >= 0.3 is 0 Å². The highest BCUT2D eigenvalue weighted by molar-refractivity contribution is 7.71. The van der Waals surface area contributed by atoms with Crippen molar-refractivity contribution in [1.29, 1.82) is 0 Å². The molecule has 0 saturated heterocycles. The smallest absolute Gasteiger partial charge is 0.242 e. The van der Waals surface area contributed by atoms with Crippen LogP contribution < -0.4 is 0 Å². The fourth-order valence-corrected chi connectivity index (χ4v) is 1.11. The number of nitrogens with zero attached hydrogens (tertiary/aromatic N) is 2. The van der Waals surface area contributed by atoms with Gasteiger partial charge in [0.05, 0.1) is 0 Å².